The molecule has 0 atom stereocenters. The van der Waals surface area contributed by atoms with Gasteiger partial charge in [-0.25, -0.2) is 0 Å². The fraction of sp³-hybridized carbons (Fsp3) is 0.400. The Labute approximate surface area is 76.0 Å². The van der Waals surface area contributed by atoms with Gasteiger partial charge in [-0.05, 0) is 37.3 Å². The van der Waals surface area contributed by atoms with E-state index in [1.54, 1.807) is 6.07 Å². The molecule has 0 radical (unpaired) electrons. The van der Waals surface area contributed by atoms with Crippen molar-refractivity contribution in [3.63, 3.8) is 0 Å². The maximum Gasteiger partial charge on any atom is 0.266 e. The Morgan fingerprint density at radius 1 is 1.62 bits per heavy atom. The van der Waals surface area contributed by atoms with E-state index in [1.807, 2.05) is 13.0 Å². The van der Waals surface area contributed by atoms with Crippen LogP contribution < -0.4 is 5.56 Å². The molecule has 0 amide bonds. The Balaban J connectivity index is 2.58. The van der Waals surface area contributed by atoms with Crippen LogP contribution in [0.15, 0.2) is 10.9 Å². The minimum atomic E-state index is -0.274. The highest BCUT2D eigenvalue weighted by molar-refractivity contribution is 5.36. The lowest BCUT2D eigenvalue weighted by Crippen LogP contribution is -2.12. The first-order chi connectivity index (χ1) is 6.22. The van der Waals surface area contributed by atoms with Crippen molar-refractivity contribution in [1.29, 1.82) is 5.26 Å². The van der Waals surface area contributed by atoms with Crippen molar-refractivity contribution in [2.45, 2.75) is 25.7 Å². The Bertz CT molecular complexity index is 435. The molecule has 0 bridgehead atoms. The van der Waals surface area contributed by atoms with Crippen LogP contribution in [0.3, 0.4) is 0 Å². The van der Waals surface area contributed by atoms with Crippen LogP contribution in [-0.2, 0) is 0 Å². The molecule has 0 unspecified atom stereocenters. The number of hydrogen-bond acceptors (Lipinski definition) is 2. The molecule has 1 fully saturated rings. The Hall–Kier alpha value is -1.56. The summed E-state index contributed by atoms with van der Waals surface area (Å²) in [5, 5.41) is 8.67. The number of rotatable bonds is 1. The molecule has 0 spiro atoms. The van der Waals surface area contributed by atoms with Crippen LogP contribution in [-0.4, -0.2) is 4.98 Å². The third-order valence-electron chi connectivity index (χ3n) is 2.42. The molecular weight excluding hydrogens is 164 g/mol. The van der Waals surface area contributed by atoms with E-state index in [9.17, 15) is 4.79 Å². The average Bonchev–Trinajstić information content (AvgIpc) is 2.88. The van der Waals surface area contributed by atoms with Crippen molar-refractivity contribution in [2.24, 2.45) is 0 Å². The van der Waals surface area contributed by atoms with Crippen LogP contribution >= 0.6 is 0 Å². The van der Waals surface area contributed by atoms with Crippen molar-refractivity contribution in [1.82, 2.24) is 4.98 Å². The average molecular weight is 174 g/mol. The number of aromatic amines is 1. The molecule has 1 aliphatic rings. The van der Waals surface area contributed by atoms with Gasteiger partial charge in [-0.15, -0.1) is 0 Å². The first kappa shape index (κ1) is 8.06. The molecule has 0 aliphatic heterocycles. The number of hydrogen-bond donors (Lipinski definition) is 1. The normalized spacial score (nSPS) is 15.4. The molecule has 13 heavy (non-hydrogen) atoms. The highest BCUT2D eigenvalue weighted by Crippen LogP contribution is 2.40. The van der Waals surface area contributed by atoms with Crippen molar-refractivity contribution in [2.75, 3.05) is 0 Å². The Morgan fingerprint density at radius 3 is 2.85 bits per heavy atom. The molecule has 1 aromatic rings. The number of aromatic nitrogens is 1. The van der Waals surface area contributed by atoms with Gasteiger partial charge in [-0.3, -0.25) is 4.79 Å². The van der Waals surface area contributed by atoms with Crippen molar-refractivity contribution in [3.8, 4) is 6.07 Å². The van der Waals surface area contributed by atoms with Gasteiger partial charge in [0.25, 0.3) is 5.56 Å². The molecule has 1 N–H and O–H groups in total. The molecule has 0 saturated heterocycles. The van der Waals surface area contributed by atoms with Gasteiger partial charge >= 0.3 is 0 Å². The van der Waals surface area contributed by atoms with Gasteiger partial charge < -0.3 is 4.98 Å². The smallest absolute Gasteiger partial charge is 0.266 e. The van der Waals surface area contributed by atoms with Gasteiger partial charge in [0.15, 0.2) is 0 Å². The Morgan fingerprint density at radius 2 is 2.31 bits per heavy atom. The van der Waals surface area contributed by atoms with E-state index in [2.05, 4.69) is 4.98 Å². The summed E-state index contributed by atoms with van der Waals surface area (Å²) in [6.45, 7) is 1.89. The van der Waals surface area contributed by atoms with Crippen molar-refractivity contribution < 1.29 is 0 Å². The summed E-state index contributed by atoms with van der Waals surface area (Å²) in [4.78, 5) is 13.9. The van der Waals surface area contributed by atoms with Gasteiger partial charge in [-0.1, -0.05) is 0 Å². The minimum Gasteiger partial charge on any atom is -0.325 e. The molecular formula is C10H10N2O. The zero-order valence-corrected chi connectivity index (χ0v) is 7.42. The number of pyridine rings is 1. The number of H-pyrrole nitrogens is 1. The van der Waals surface area contributed by atoms with E-state index in [4.69, 9.17) is 5.26 Å². The summed E-state index contributed by atoms with van der Waals surface area (Å²) >= 11 is 0. The molecule has 66 valence electrons. The highest BCUT2D eigenvalue weighted by Gasteiger charge is 2.26. The lowest BCUT2D eigenvalue weighted by Gasteiger charge is -2.02. The van der Waals surface area contributed by atoms with Crippen LogP contribution in [0.5, 0.6) is 0 Å². The summed E-state index contributed by atoms with van der Waals surface area (Å²) in [5.74, 6) is 0.573. The summed E-state index contributed by atoms with van der Waals surface area (Å²) in [6.07, 6.45) is 2.36. The second kappa shape index (κ2) is 2.74. The summed E-state index contributed by atoms with van der Waals surface area (Å²) < 4.78 is 0. The first-order valence-corrected chi connectivity index (χ1v) is 4.36. The van der Waals surface area contributed by atoms with E-state index >= 15 is 0 Å². The largest absolute Gasteiger partial charge is 0.325 e. The van der Waals surface area contributed by atoms with Gasteiger partial charge in [-0.2, -0.15) is 5.26 Å². The van der Waals surface area contributed by atoms with Crippen LogP contribution in [0.25, 0.3) is 0 Å². The van der Waals surface area contributed by atoms with Crippen LogP contribution in [0.4, 0.5) is 0 Å². The lowest BCUT2D eigenvalue weighted by molar-refractivity contribution is 1.01. The number of aryl methyl sites for hydroxylation is 1. The minimum absolute atomic E-state index is 0.229. The second-order valence-electron chi connectivity index (χ2n) is 3.48. The summed E-state index contributed by atoms with van der Waals surface area (Å²) in [7, 11) is 0. The fourth-order valence-corrected chi connectivity index (χ4v) is 1.54. The maximum atomic E-state index is 11.2. The van der Waals surface area contributed by atoms with Crippen LogP contribution in [0.2, 0.25) is 0 Å². The van der Waals surface area contributed by atoms with E-state index in [-0.39, 0.29) is 11.1 Å². The predicted octanol–water partition coefficient (Wildman–Crippen LogP) is 1.43. The lowest BCUT2D eigenvalue weighted by atomic mass is 10.1. The van der Waals surface area contributed by atoms with Crippen molar-refractivity contribution >= 4 is 0 Å². The molecule has 3 heteroatoms. The SMILES string of the molecule is Cc1[nH]c(=O)c(C#N)cc1C1CC1. The van der Waals surface area contributed by atoms with Crippen molar-refractivity contribution in [3.05, 3.63) is 33.2 Å². The molecule has 1 aliphatic carbocycles. The van der Waals surface area contributed by atoms with Gasteiger partial charge in [0.2, 0.25) is 0 Å². The molecule has 1 aromatic heterocycles. The van der Waals surface area contributed by atoms with Crippen LogP contribution in [0.1, 0.15) is 35.6 Å². The van der Waals surface area contributed by atoms with Gasteiger partial charge in [0, 0.05) is 5.69 Å². The summed E-state index contributed by atoms with van der Waals surface area (Å²) in [5.41, 5.74) is 2.00. The topological polar surface area (TPSA) is 56.6 Å². The molecule has 0 aromatic carbocycles. The third kappa shape index (κ3) is 1.35. The highest BCUT2D eigenvalue weighted by atomic mass is 16.1. The zero-order chi connectivity index (χ0) is 9.42. The molecule has 1 saturated carbocycles. The van der Waals surface area contributed by atoms with E-state index in [1.165, 1.54) is 12.8 Å². The quantitative estimate of drug-likeness (QED) is 0.700. The van der Waals surface area contributed by atoms with Gasteiger partial charge in [0.1, 0.15) is 11.6 Å². The standard InChI is InChI=1S/C10H10N2O/c1-6-9(7-2-3-7)4-8(5-11)10(13)12-6/h4,7H,2-3H2,1H3,(H,12,13). The third-order valence-corrected chi connectivity index (χ3v) is 2.42. The van der Waals surface area contributed by atoms with E-state index in [0.29, 0.717) is 5.92 Å². The van der Waals surface area contributed by atoms with Crippen LogP contribution in [0, 0.1) is 18.3 Å². The molecule has 2 rings (SSSR count). The van der Waals surface area contributed by atoms with Gasteiger partial charge in [0.05, 0.1) is 0 Å². The zero-order valence-electron chi connectivity index (χ0n) is 7.42. The second-order valence-corrected chi connectivity index (χ2v) is 3.48. The number of nitriles is 1. The van der Waals surface area contributed by atoms with E-state index in [0.717, 1.165) is 11.3 Å². The molecule has 3 nitrogen and oxygen atoms in total. The predicted molar refractivity (Wildman–Crippen MR) is 48.5 cm³/mol. The number of nitrogens with zero attached hydrogens (tertiary/aromatic N) is 1. The number of nitrogens with one attached hydrogen (secondary N) is 1. The monoisotopic (exact) mass is 174 g/mol. The fourth-order valence-electron chi connectivity index (χ4n) is 1.54. The summed E-state index contributed by atoms with van der Waals surface area (Å²) in [6, 6.07) is 3.63. The van der Waals surface area contributed by atoms with E-state index < -0.39 is 0 Å². The first-order valence-electron chi connectivity index (χ1n) is 4.36. The molecule has 1 heterocycles. The maximum absolute atomic E-state index is 11.2. The Kier molecular flexibility index (Phi) is 1.70.